The summed E-state index contributed by atoms with van der Waals surface area (Å²) in [6, 6.07) is 4.25. The topological polar surface area (TPSA) is 98.8 Å². The molecule has 0 fully saturated rings. The number of alkyl halides is 3. The van der Waals surface area contributed by atoms with Crippen LogP contribution in [0, 0.1) is 0 Å². The van der Waals surface area contributed by atoms with Crippen LogP contribution in [0.5, 0.6) is 0 Å². The highest BCUT2D eigenvalue weighted by atomic mass is 19.4. The molecule has 0 saturated heterocycles. The van der Waals surface area contributed by atoms with Gasteiger partial charge in [-0.1, -0.05) is 12.1 Å². The van der Waals surface area contributed by atoms with Crippen LogP contribution < -0.4 is 10.6 Å². The van der Waals surface area contributed by atoms with Crippen molar-refractivity contribution in [2.45, 2.75) is 19.1 Å². The number of amides is 5. The van der Waals surface area contributed by atoms with E-state index >= 15 is 0 Å². The van der Waals surface area contributed by atoms with Crippen molar-refractivity contribution in [1.82, 2.24) is 20.4 Å². The number of urea groups is 1. The third-order valence-corrected chi connectivity index (χ3v) is 4.28. The van der Waals surface area contributed by atoms with Gasteiger partial charge in [0.05, 0.1) is 17.2 Å². The van der Waals surface area contributed by atoms with Crippen LogP contribution in [-0.2, 0) is 4.79 Å². The minimum absolute atomic E-state index is 0.0146. The van der Waals surface area contributed by atoms with Crippen molar-refractivity contribution >= 4 is 23.8 Å². The van der Waals surface area contributed by atoms with Gasteiger partial charge >= 0.3 is 12.2 Å². The Morgan fingerprint density at radius 2 is 1.68 bits per heavy atom. The Morgan fingerprint density at radius 3 is 2.18 bits per heavy atom. The summed E-state index contributed by atoms with van der Waals surface area (Å²) in [6.45, 7) is 0.0236. The summed E-state index contributed by atoms with van der Waals surface area (Å²) in [4.78, 5) is 50.4. The standard InChI is InChI=1S/C17H19F3N4O4/c1-10(13(25)22-16(28)21-9-17(18,19)20)23(2)7-8-24-14(26)11-5-3-4-6-12(11)15(24)27/h3-6,10H,7-9H2,1-2H3,(H2,21,22,25,28). The molecule has 28 heavy (non-hydrogen) atoms. The SMILES string of the molecule is CC(C(=O)NC(=O)NCC(F)(F)F)N(C)CCN1C(=O)c2ccccc2C1=O. The smallest absolute Gasteiger partial charge is 0.329 e. The number of likely N-dealkylation sites (N-methyl/N-ethyl adjacent to an activating group) is 1. The first-order chi connectivity index (χ1) is 13.0. The lowest BCUT2D eigenvalue weighted by Gasteiger charge is -2.25. The first-order valence-corrected chi connectivity index (χ1v) is 8.32. The Labute approximate surface area is 158 Å². The summed E-state index contributed by atoms with van der Waals surface area (Å²) in [5, 5.41) is 3.35. The molecule has 152 valence electrons. The quantitative estimate of drug-likeness (QED) is 0.694. The molecule has 0 aromatic heterocycles. The van der Waals surface area contributed by atoms with Crippen molar-refractivity contribution in [3.63, 3.8) is 0 Å². The van der Waals surface area contributed by atoms with E-state index in [1.807, 2.05) is 5.32 Å². The molecule has 0 spiro atoms. The number of nitrogens with one attached hydrogen (secondary N) is 2. The number of carbonyl (C=O) groups excluding carboxylic acids is 4. The number of carbonyl (C=O) groups is 4. The van der Waals surface area contributed by atoms with Crippen LogP contribution in [0.15, 0.2) is 24.3 Å². The van der Waals surface area contributed by atoms with Gasteiger partial charge in [-0.15, -0.1) is 0 Å². The molecule has 1 atom stereocenters. The zero-order chi connectivity index (χ0) is 21.1. The van der Waals surface area contributed by atoms with Crippen LogP contribution in [0.2, 0.25) is 0 Å². The highest BCUT2D eigenvalue weighted by Crippen LogP contribution is 2.22. The average Bonchev–Trinajstić information content (AvgIpc) is 2.87. The van der Waals surface area contributed by atoms with E-state index in [-0.39, 0.29) is 13.1 Å². The molecule has 2 N–H and O–H groups in total. The minimum Gasteiger partial charge on any atom is -0.329 e. The van der Waals surface area contributed by atoms with Crippen LogP contribution in [0.3, 0.4) is 0 Å². The van der Waals surface area contributed by atoms with E-state index in [9.17, 15) is 32.3 Å². The zero-order valence-electron chi connectivity index (χ0n) is 15.2. The fourth-order valence-electron chi connectivity index (χ4n) is 2.53. The molecule has 5 amide bonds. The van der Waals surface area contributed by atoms with Crippen LogP contribution in [0.1, 0.15) is 27.6 Å². The summed E-state index contributed by atoms with van der Waals surface area (Å²) in [5.41, 5.74) is 0.615. The number of nitrogens with zero attached hydrogens (tertiary/aromatic N) is 2. The molecule has 11 heteroatoms. The molecule has 1 aliphatic rings. The van der Waals surface area contributed by atoms with E-state index in [1.165, 1.54) is 24.2 Å². The van der Waals surface area contributed by atoms with Gasteiger partial charge in [-0.05, 0) is 26.1 Å². The lowest BCUT2D eigenvalue weighted by Crippen LogP contribution is -2.51. The van der Waals surface area contributed by atoms with E-state index in [4.69, 9.17) is 0 Å². The Hall–Kier alpha value is -2.95. The fraction of sp³-hybridized carbons (Fsp3) is 0.412. The Morgan fingerprint density at radius 1 is 1.14 bits per heavy atom. The van der Waals surface area contributed by atoms with Gasteiger partial charge in [0.15, 0.2) is 0 Å². The second-order valence-electron chi connectivity index (χ2n) is 6.25. The van der Waals surface area contributed by atoms with E-state index in [0.717, 1.165) is 4.90 Å². The van der Waals surface area contributed by atoms with Gasteiger partial charge in [-0.2, -0.15) is 13.2 Å². The number of imide groups is 2. The van der Waals surface area contributed by atoms with Crippen molar-refractivity contribution in [2.75, 3.05) is 26.7 Å². The highest BCUT2D eigenvalue weighted by Gasteiger charge is 2.35. The predicted octanol–water partition coefficient (Wildman–Crippen LogP) is 0.991. The van der Waals surface area contributed by atoms with Crippen LogP contribution >= 0.6 is 0 Å². The third kappa shape index (κ3) is 5.06. The molecule has 2 rings (SSSR count). The molecular formula is C17H19F3N4O4. The zero-order valence-corrected chi connectivity index (χ0v) is 15.2. The number of fused-ring (bicyclic) bond motifs is 1. The molecule has 0 saturated carbocycles. The van der Waals surface area contributed by atoms with E-state index in [0.29, 0.717) is 11.1 Å². The first-order valence-electron chi connectivity index (χ1n) is 8.32. The van der Waals surface area contributed by atoms with Gasteiger partial charge in [0.1, 0.15) is 6.54 Å². The minimum atomic E-state index is -4.59. The number of hydrogen-bond donors (Lipinski definition) is 2. The molecule has 0 aliphatic carbocycles. The van der Waals surface area contributed by atoms with Gasteiger partial charge in [0, 0.05) is 13.1 Å². The van der Waals surface area contributed by atoms with Crippen LogP contribution in [0.25, 0.3) is 0 Å². The first kappa shape index (κ1) is 21.4. The number of rotatable bonds is 6. The van der Waals surface area contributed by atoms with Crippen LogP contribution in [-0.4, -0.2) is 72.5 Å². The van der Waals surface area contributed by atoms with Crippen molar-refractivity contribution in [3.05, 3.63) is 35.4 Å². The molecule has 1 heterocycles. The molecule has 1 unspecified atom stereocenters. The van der Waals surface area contributed by atoms with Gasteiger partial charge < -0.3 is 5.32 Å². The van der Waals surface area contributed by atoms with Gasteiger partial charge in [0.25, 0.3) is 11.8 Å². The van der Waals surface area contributed by atoms with Crippen molar-refractivity contribution < 1.29 is 32.3 Å². The Balaban J connectivity index is 1.85. The summed E-state index contributed by atoms with van der Waals surface area (Å²) >= 11 is 0. The van der Waals surface area contributed by atoms with E-state index in [2.05, 4.69) is 0 Å². The summed E-state index contributed by atoms with van der Waals surface area (Å²) < 4.78 is 36.2. The van der Waals surface area contributed by atoms with Crippen LogP contribution in [0.4, 0.5) is 18.0 Å². The van der Waals surface area contributed by atoms with Gasteiger partial charge in [0.2, 0.25) is 5.91 Å². The second-order valence-corrected chi connectivity index (χ2v) is 6.25. The largest absolute Gasteiger partial charge is 0.405 e. The van der Waals surface area contributed by atoms with E-state index in [1.54, 1.807) is 24.3 Å². The van der Waals surface area contributed by atoms with Crippen molar-refractivity contribution in [3.8, 4) is 0 Å². The lowest BCUT2D eigenvalue weighted by atomic mass is 10.1. The molecule has 0 radical (unpaired) electrons. The lowest BCUT2D eigenvalue weighted by molar-refractivity contribution is -0.126. The number of benzene rings is 1. The van der Waals surface area contributed by atoms with Gasteiger partial charge in [-0.3, -0.25) is 29.5 Å². The maximum atomic E-state index is 12.3. The summed E-state index contributed by atoms with van der Waals surface area (Å²) in [6.07, 6.45) is -4.59. The van der Waals surface area contributed by atoms with E-state index < -0.39 is 42.5 Å². The number of hydrogen-bond acceptors (Lipinski definition) is 5. The monoisotopic (exact) mass is 400 g/mol. The van der Waals surface area contributed by atoms with Crippen molar-refractivity contribution in [2.24, 2.45) is 0 Å². The van der Waals surface area contributed by atoms with Crippen molar-refractivity contribution in [1.29, 1.82) is 0 Å². The predicted molar refractivity (Wildman–Crippen MR) is 91.5 cm³/mol. The average molecular weight is 400 g/mol. The summed E-state index contributed by atoms with van der Waals surface area (Å²) in [5.74, 6) is -1.68. The normalized spacial score (nSPS) is 14.9. The summed E-state index contributed by atoms with van der Waals surface area (Å²) in [7, 11) is 1.52. The maximum absolute atomic E-state index is 12.3. The molecular weight excluding hydrogens is 381 g/mol. The number of halogens is 3. The molecule has 8 nitrogen and oxygen atoms in total. The van der Waals surface area contributed by atoms with Gasteiger partial charge in [-0.25, -0.2) is 4.79 Å². The second kappa shape index (κ2) is 8.38. The Bertz CT molecular complexity index is 762. The molecule has 1 aliphatic heterocycles. The molecule has 0 bridgehead atoms. The third-order valence-electron chi connectivity index (χ3n) is 4.28. The molecule has 1 aromatic carbocycles. The fourth-order valence-corrected chi connectivity index (χ4v) is 2.53. The maximum Gasteiger partial charge on any atom is 0.405 e. The molecule has 1 aromatic rings. The Kier molecular flexibility index (Phi) is 6.39. The highest BCUT2D eigenvalue weighted by molar-refractivity contribution is 6.21.